The molecule has 0 amide bonds. The number of rotatable bonds is 8. The number of benzene rings is 1. The van der Waals surface area contributed by atoms with Crippen LogP contribution in [0.25, 0.3) is 0 Å². The van der Waals surface area contributed by atoms with E-state index in [1.165, 1.54) is 0 Å². The lowest BCUT2D eigenvalue weighted by atomic mass is 10.1. The molecule has 1 aliphatic heterocycles. The second-order valence-corrected chi connectivity index (χ2v) is 7.79. The van der Waals surface area contributed by atoms with E-state index < -0.39 is 0 Å². The highest BCUT2D eigenvalue weighted by Gasteiger charge is 2.27. The van der Waals surface area contributed by atoms with Gasteiger partial charge in [-0.25, -0.2) is 0 Å². The number of pyridine rings is 1. The highest BCUT2D eigenvalue weighted by molar-refractivity contribution is 6.33. The monoisotopic (exact) mass is 419 g/mol. The molecule has 1 aliphatic rings. The molecular weight excluding hydrogens is 390 g/mol. The van der Waals surface area contributed by atoms with Crippen LogP contribution in [0.2, 0.25) is 5.02 Å². The zero-order chi connectivity index (χ0) is 20.8. The Morgan fingerprint density at radius 1 is 1.14 bits per heavy atom. The van der Waals surface area contributed by atoms with Crippen LogP contribution < -0.4 is 9.47 Å². The summed E-state index contributed by atoms with van der Waals surface area (Å²) in [6, 6.07) is 10.3. The van der Waals surface area contributed by atoms with Crippen LogP contribution in [0.3, 0.4) is 0 Å². The number of aliphatic hydroxyl groups excluding tert-OH is 1. The van der Waals surface area contributed by atoms with Crippen molar-refractivity contribution < 1.29 is 14.6 Å². The van der Waals surface area contributed by atoms with Crippen molar-refractivity contribution in [2.24, 2.45) is 0 Å². The Kier molecular flexibility index (Phi) is 7.72. The second-order valence-electron chi connectivity index (χ2n) is 7.42. The predicted octanol–water partition coefficient (Wildman–Crippen LogP) is 3.13. The minimum atomic E-state index is 0.174. The fourth-order valence-corrected chi connectivity index (χ4v) is 4.21. The average Bonchev–Trinajstić information content (AvgIpc) is 2.71. The van der Waals surface area contributed by atoms with Gasteiger partial charge in [0.05, 0.1) is 24.9 Å². The first-order valence-electron chi connectivity index (χ1n) is 9.94. The summed E-state index contributed by atoms with van der Waals surface area (Å²) >= 11 is 6.57. The molecule has 1 aromatic heterocycles. The number of halogens is 1. The summed E-state index contributed by atoms with van der Waals surface area (Å²) in [5.74, 6) is 1.21. The maximum absolute atomic E-state index is 9.58. The van der Waals surface area contributed by atoms with E-state index in [0.29, 0.717) is 16.5 Å². The quantitative estimate of drug-likeness (QED) is 0.709. The van der Waals surface area contributed by atoms with Crippen LogP contribution in [-0.4, -0.2) is 66.4 Å². The number of ether oxygens (including phenoxy) is 2. The largest absolute Gasteiger partial charge is 0.493 e. The summed E-state index contributed by atoms with van der Waals surface area (Å²) in [7, 11) is 3.21. The van der Waals surface area contributed by atoms with Crippen LogP contribution in [0.5, 0.6) is 11.5 Å². The van der Waals surface area contributed by atoms with Gasteiger partial charge in [-0.3, -0.25) is 14.8 Å². The van der Waals surface area contributed by atoms with Crippen LogP contribution in [0, 0.1) is 6.92 Å². The molecule has 1 aromatic carbocycles. The Labute approximate surface area is 178 Å². The lowest BCUT2D eigenvalue weighted by Gasteiger charge is -2.41. The minimum Gasteiger partial charge on any atom is -0.493 e. The number of methoxy groups -OCH3 is 2. The van der Waals surface area contributed by atoms with Gasteiger partial charge < -0.3 is 14.6 Å². The average molecular weight is 420 g/mol. The van der Waals surface area contributed by atoms with Gasteiger partial charge in [-0.1, -0.05) is 23.7 Å². The van der Waals surface area contributed by atoms with Crippen molar-refractivity contribution in [2.75, 3.05) is 40.5 Å². The van der Waals surface area contributed by atoms with Gasteiger partial charge >= 0.3 is 0 Å². The van der Waals surface area contributed by atoms with Gasteiger partial charge in [-0.05, 0) is 37.1 Å². The molecule has 2 aromatic rings. The van der Waals surface area contributed by atoms with Crippen LogP contribution >= 0.6 is 11.6 Å². The molecule has 1 saturated heterocycles. The predicted molar refractivity (Wildman–Crippen MR) is 115 cm³/mol. The summed E-state index contributed by atoms with van der Waals surface area (Å²) in [5, 5.41) is 10.2. The van der Waals surface area contributed by atoms with Gasteiger partial charge in [0.2, 0.25) is 0 Å². The first kappa shape index (κ1) is 21.8. The van der Waals surface area contributed by atoms with Crippen molar-refractivity contribution in [3.05, 3.63) is 52.3 Å². The van der Waals surface area contributed by atoms with Crippen molar-refractivity contribution in [3.8, 4) is 11.5 Å². The molecule has 29 heavy (non-hydrogen) atoms. The molecule has 1 N–H and O–H groups in total. The molecule has 6 nitrogen and oxygen atoms in total. The molecule has 0 unspecified atom stereocenters. The van der Waals surface area contributed by atoms with Crippen molar-refractivity contribution in [3.63, 3.8) is 0 Å². The Morgan fingerprint density at radius 2 is 1.97 bits per heavy atom. The Hall–Kier alpha value is -1.86. The zero-order valence-corrected chi connectivity index (χ0v) is 18.2. The highest BCUT2D eigenvalue weighted by Crippen LogP contribution is 2.38. The third kappa shape index (κ3) is 5.39. The van der Waals surface area contributed by atoms with E-state index in [0.717, 1.165) is 56.1 Å². The Bertz CT molecular complexity index is 818. The lowest BCUT2D eigenvalue weighted by molar-refractivity contribution is 0.0491. The van der Waals surface area contributed by atoms with Gasteiger partial charge in [0.15, 0.2) is 11.5 Å². The van der Waals surface area contributed by atoms with E-state index in [-0.39, 0.29) is 12.6 Å². The molecule has 2 heterocycles. The van der Waals surface area contributed by atoms with Crippen LogP contribution in [-0.2, 0) is 13.1 Å². The van der Waals surface area contributed by atoms with E-state index in [1.807, 2.05) is 31.2 Å². The fraction of sp³-hybridized carbons (Fsp3) is 0.500. The first-order chi connectivity index (χ1) is 14.0. The van der Waals surface area contributed by atoms with Crippen LogP contribution in [0.4, 0.5) is 0 Å². The molecule has 0 radical (unpaired) electrons. The van der Waals surface area contributed by atoms with E-state index in [2.05, 4.69) is 20.9 Å². The van der Waals surface area contributed by atoms with Crippen molar-refractivity contribution in [1.82, 2.24) is 14.8 Å². The Balaban J connectivity index is 1.69. The number of aliphatic hydroxyl groups is 1. The SMILES string of the molecule is COc1ccc(CN2CCN(Cc3cccc(C)n3)[C@@H](CCO)C2)c(Cl)c1OC. The molecule has 1 fully saturated rings. The van der Waals surface area contributed by atoms with Gasteiger partial charge in [0.25, 0.3) is 0 Å². The molecule has 0 spiro atoms. The molecule has 3 rings (SSSR count). The van der Waals surface area contributed by atoms with Gasteiger partial charge in [-0.15, -0.1) is 0 Å². The number of hydrogen-bond acceptors (Lipinski definition) is 6. The van der Waals surface area contributed by atoms with Gasteiger partial charge in [0.1, 0.15) is 0 Å². The minimum absolute atomic E-state index is 0.174. The van der Waals surface area contributed by atoms with E-state index in [4.69, 9.17) is 21.1 Å². The smallest absolute Gasteiger partial charge is 0.179 e. The number of aromatic nitrogens is 1. The zero-order valence-electron chi connectivity index (χ0n) is 17.4. The molecule has 1 atom stereocenters. The van der Waals surface area contributed by atoms with E-state index in [9.17, 15) is 5.11 Å². The fourth-order valence-electron chi connectivity index (χ4n) is 3.92. The number of aryl methyl sites for hydroxylation is 1. The summed E-state index contributed by atoms with van der Waals surface area (Å²) in [6.45, 7) is 6.45. The van der Waals surface area contributed by atoms with Crippen molar-refractivity contribution in [1.29, 1.82) is 0 Å². The highest BCUT2D eigenvalue weighted by atomic mass is 35.5. The number of piperazine rings is 1. The maximum atomic E-state index is 9.58. The molecule has 0 bridgehead atoms. The summed E-state index contributed by atoms with van der Waals surface area (Å²) in [4.78, 5) is 9.44. The van der Waals surface area contributed by atoms with Crippen LogP contribution in [0.1, 0.15) is 23.4 Å². The third-order valence-corrected chi connectivity index (χ3v) is 5.84. The second kappa shape index (κ2) is 10.3. The summed E-state index contributed by atoms with van der Waals surface area (Å²) in [5.41, 5.74) is 3.12. The standard InChI is InChI=1S/C22H30ClN3O3/c1-16-5-4-6-18(24-16)14-26-11-10-25(15-19(26)9-12-27)13-17-7-8-20(28-2)22(29-3)21(17)23/h4-8,19,27H,9-15H2,1-3H3/t19-/m0/s1. The maximum Gasteiger partial charge on any atom is 0.179 e. The van der Waals surface area contributed by atoms with Gasteiger partial charge in [0, 0.05) is 51.1 Å². The van der Waals surface area contributed by atoms with E-state index in [1.54, 1.807) is 14.2 Å². The molecule has 158 valence electrons. The summed E-state index contributed by atoms with van der Waals surface area (Å²) < 4.78 is 10.8. The molecule has 0 saturated carbocycles. The lowest BCUT2D eigenvalue weighted by Crippen LogP contribution is -2.52. The van der Waals surface area contributed by atoms with Crippen molar-refractivity contribution in [2.45, 2.75) is 32.5 Å². The summed E-state index contributed by atoms with van der Waals surface area (Å²) in [6.07, 6.45) is 0.738. The number of nitrogens with zero attached hydrogens (tertiary/aromatic N) is 3. The Morgan fingerprint density at radius 3 is 2.66 bits per heavy atom. The molecule has 7 heteroatoms. The van der Waals surface area contributed by atoms with Gasteiger partial charge in [-0.2, -0.15) is 0 Å². The molecule has 0 aliphatic carbocycles. The van der Waals surface area contributed by atoms with Crippen molar-refractivity contribution >= 4 is 11.6 Å². The third-order valence-electron chi connectivity index (χ3n) is 5.42. The van der Waals surface area contributed by atoms with Crippen LogP contribution in [0.15, 0.2) is 30.3 Å². The normalized spacial score (nSPS) is 18.0. The molecular formula is C22H30ClN3O3. The first-order valence-corrected chi connectivity index (χ1v) is 10.3. The van der Waals surface area contributed by atoms with E-state index >= 15 is 0 Å². The number of hydrogen-bond donors (Lipinski definition) is 1. The topological polar surface area (TPSA) is 58.1 Å².